The first-order valence-electron chi connectivity index (χ1n) is 9.48. The fourth-order valence-electron chi connectivity index (χ4n) is 2.40. The SMILES string of the molecule is NC(=O)c1[nH]cnc1NN=C(C(=O)NN=Cc1ccccc1)C(=O)N/N=C\c1ccccc1. The molecule has 0 atom stereocenters. The number of carbonyl (C=O) groups is 3. The molecule has 0 fully saturated rings. The van der Waals surface area contributed by atoms with Gasteiger partial charge in [-0.2, -0.15) is 15.3 Å². The largest absolute Gasteiger partial charge is 0.364 e. The number of aromatic amines is 1. The molecule has 0 aliphatic carbocycles. The number of nitrogens with zero attached hydrogens (tertiary/aromatic N) is 4. The van der Waals surface area contributed by atoms with Crippen molar-refractivity contribution < 1.29 is 14.4 Å². The van der Waals surface area contributed by atoms with Gasteiger partial charge in [0, 0.05) is 0 Å². The Bertz CT molecular complexity index is 1140. The van der Waals surface area contributed by atoms with Crippen molar-refractivity contribution >= 4 is 41.7 Å². The van der Waals surface area contributed by atoms with Crippen molar-refractivity contribution in [2.24, 2.45) is 21.0 Å². The minimum absolute atomic E-state index is 0.0684. The monoisotopic (exact) mass is 445 g/mol. The fraction of sp³-hybridized carbons (Fsp3) is 0. The molecule has 0 saturated heterocycles. The first-order chi connectivity index (χ1) is 16.0. The molecule has 12 heteroatoms. The fourth-order valence-corrected chi connectivity index (χ4v) is 2.40. The molecule has 3 amide bonds. The zero-order chi connectivity index (χ0) is 23.5. The Hall–Kier alpha value is -5.13. The molecule has 0 bridgehead atoms. The summed E-state index contributed by atoms with van der Waals surface area (Å²) in [6.07, 6.45) is 3.99. The van der Waals surface area contributed by atoms with Crippen molar-refractivity contribution in [3.63, 3.8) is 0 Å². The van der Waals surface area contributed by atoms with E-state index in [1.165, 1.54) is 18.8 Å². The number of amides is 3. The molecule has 0 aliphatic rings. The topological polar surface area (TPSA) is 179 Å². The van der Waals surface area contributed by atoms with Gasteiger partial charge in [0.15, 0.2) is 5.82 Å². The highest BCUT2D eigenvalue weighted by molar-refractivity contribution is 6.65. The summed E-state index contributed by atoms with van der Waals surface area (Å²) < 4.78 is 0. The third kappa shape index (κ3) is 6.68. The highest BCUT2D eigenvalue weighted by Crippen LogP contribution is 2.08. The van der Waals surface area contributed by atoms with Crippen LogP contribution in [0.5, 0.6) is 0 Å². The van der Waals surface area contributed by atoms with Crippen molar-refractivity contribution in [1.82, 2.24) is 20.8 Å². The van der Waals surface area contributed by atoms with Gasteiger partial charge in [-0.25, -0.2) is 15.8 Å². The second-order valence-corrected chi connectivity index (χ2v) is 6.28. The van der Waals surface area contributed by atoms with Crippen molar-refractivity contribution in [2.75, 3.05) is 5.43 Å². The number of nitrogens with two attached hydrogens (primary N) is 1. The molecular formula is C21H19N9O3. The van der Waals surface area contributed by atoms with Crippen molar-refractivity contribution in [3.8, 4) is 0 Å². The number of imidazole rings is 1. The normalized spacial score (nSPS) is 11.5. The van der Waals surface area contributed by atoms with Crippen molar-refractivity contribution in [1.29, 1.82) is 0 Å². The van der Waals surface area contributed by atoms with Crippen molar-refractivity contribution in [2.45, 2.75) is 0 Å². The molecule has 0 unspecified atom stereocenters. The average molecular weight is 445 g/mol. The Kier molecular flexibility index (Phi) is 7.73. The number of carbonyl (C=O) groups excluding carboxylic acids is 3. The molecule has 0 saturated carbocycles. The first-order valence-corrected chi connectivity index (χ1v) is 9.48. The van der Waals surface area contributed by atoms with E-state index in [1.807, 2.05) is 12.1 Å². The molecule has 33 heavy (non-hydrogen) atoms. The van der Waals surface area contributed by atoms with Crippen LogP contribution in [0.3, 0.4) is 0 Å². The Morgan fingerprint density at radius 1 is 0.848 bits per heavy atom. The summed E-state index contributed by atoms with van der Waals surface area (Å²) in [4.78, 5) is 42.9. The van der Waals surface area contributed by atoms with E-state index in [9.17, 15) is 14.4 Å². The summed E-state index contributed by atoms with van der Waals surface area (Å²) in [7, 11) is 0. The molecule has 3 rings (SSSR count). The summed E-state index contributed by atoms with van der Waals surface area (Å²) in [5.41, 5.74) is 12.8. The molecule has 0 radical (unpaired) electrons. The van der Waals surface area contributed by atoms with E-state index >= 15 is 0 Å². The van der Waals surface area contributed by atoms with Gasteiger partial charge in [0.05, 0.1) is 18.8 Å². The van der Waals surface area contributed by atoms with Gasteiger partial charge in [-0.3, -0.25) is 19.8 Å². The number of anilines is 1. The summed E-state index contributed by atoms with van der Waals surface area (Å²) in [6, 6.07) is 18.0. The molecule has 0 spiro atoms. The van der Waals surface area contributed by atoms with Crippen LogP contribution in [0.2, 0.25) is 0 Å². The van der Waals surface area contributed by atoms with Crippen LogP contribution in [-0.2, 0) is 9.59 Å². The average Bonchev–Trinajstić information content (AvgIpc) is 3.30. The van der Waals surface area contributed by atoms with E-state index in [1.54, 1.807) is 48.5 Å². The Morgan fingerprint density at radius 3 is 1.85 bits per heavy atom. The van der Waals surface area contributed by atoms with Crippen LogP contribution < -0.4 is 22.0 Å². The predicted octanol–water partition coefficient (Wildman–Crippen LogP) is 0.577. The molecular weight excluding hydrogens is 426 g/mol. The van der Waals surface area contributed by atoms with Crippen molar-refractivity contribution in [3.05, 3.63) is 83.8 Å². The number of H-pyrrole nitrogens is 1. The smallest absolute Gasteiger partial charge is 0.297 e. The quantitative estimate of drug-likeness (QED) is 0.183. The second kappa shape index (κ2) is 11.3. The van der Waals surface area contributed by atoms with Gasteiger partial charge in [-0.15, -0.1) is 0 Å². The van der Waals surface area contributed by atoms with Gasteiger partial charge in [0.25, 0.3) is 17.7 Å². The zero-order valence-corrected chi connectivity index (χ0v) is 17.1. The number of rotatable bonds is 9. The minimum Gasteiger partial charge on any atom is -0.364 e. The molecule has 0 aliphatic heterocycles. The molecule has 3 aromatic rings. The maximum absolute atomic E-state index is 12.6. The number of hydrogen-bond donors (Lipinski definition) is 5. The maximum Gasteiger partial charge on any atom is 0.297 e. The summed E-state index contributed by atoms with van der Waals surface area (Å²) >= 11 is 0. The highest BCUT2D eigenvalue weighted by atomic mass is 16.2. The van der Waals surface area contributed by atoms with Crippen LogP contribution in [0.25, 0.3) is 0 Å². The van der Waals surface area contributed by atoms with E-state index in [4.69, 9.17) is 5.73 Å². The van der Waals surface area contributed by atoms with Crippen LogP contribution in [-0.4, -0.2) is 45.8 Å². The number of benzene rings is 2. The maximum atomic E-state index is 12.6. The van der Waals surface area contributed by atoms with E-state index in [-0.39, 0.29) is 11.5 Å². The molecule has 12 nitrogen and oxygen atoms in total. The lowest BCUT2D eigenvalue weighted by molar-refractivity contribution is -0.118. The van der Waals surface area contributed by atoms with Crippen LogP contribution in [0.4, 0.5) is 5.82 Å². The van der Waals surface area contributed by atoms with Gasteiger partial charge in [-0.05, 0) is 11.1 Å². The van der Waals surface area contributed by atoms with E-state index in [0.29, 0.717) is 0 Å². The Balaban J connectivity index is 1.75. The van der Waals surface area contributed by atoms with Gasteiger partial charge in [0.1, 0.15) is 5.69 Å². The lowest BCUT2D eigenvalue weighted by atomic mass is 10.2. The minimum atomic E-state index is -0.932. The molecule has 2 aromatic carbocycles. The van der Waals surface area contributed by atoms with Crippen LogP contribution >= 0.6 is 0 Å². The predicted molar refractivity (Wildman–Crippen MR) is 123 cm³/mol. The van der Waals surface area contributed by atoms with E-state index in [0.717, 1.165) is 11.1 Å². The van der Waals surface area contributed by atoms with E-state index < -0.39 is 23.4 Å². The molecule has 166 valence electrons. The number of aromatic nitrogens is 2. The lowest BCUT2D eigenvalue weighted by Crippen LogP contribution is -2.39. The molecule has 6 N–H and O–H groups in total. The van der Waals surface area contributed by atoms with Crippen LogP contribution in [0, 0.1) is 0 Å². The van der Waals surface area contributed by atoms with Crippen LogP contribution in [0.15, 0.2) is 82.3 Å². The third-order valence-corrected chi connectivity index (χ3v) is 3.95. The Morgan fingerprint density at radius 2 is 1.36 bits per heavy atom. The van der Waals surface area contributed by atoms with Crippen LogP contribution in [0.1, 0.15) is 21.6 Å². The first kappa shape index (κ1) is 22.6. The second-order valence-electron chi connectivity index (χ2n) is 6.28. The highest BCUT2D eigenvalue weighted by Gasteiger charge is 2.21. The molecule has 1 heterocycles. The van der Waals surface area contributed by atoms with Gasteiger partial charge < -0.3 is 10.7 Å². The Labute approximate surface area is 187 Å². The lowest BCUT2D eigenvalue weighted by Gasteiger charge is -2.05. The third-order valence-electron chi connectivity index (χ3n) is 3.95. The number of nitrogens with one attached hydrogen (secondary N) is 4. The number of primary amides is 1. The van der Waals surface area contributed by atoms with Gasteiger partial charge >= 0.3 is 0 Å². The standard InChI is InChI=1S/C21H19N9O3/c22-18(31)16-19(24-13-23-16)28-27-17(20(32)29-25-11-14-7-3-1-4-8-14)21(33)30-26-12-15-9-5-2-6-10-15/h1-13,28H,(H2,22,31)(H,23,24)(H,29,32)(H,30,33)/b25-11-,26-12?,27-17?. The number of hydrazone groups is 3. The summed E-state index contributed by atoms with van der Waals surface area (Å²) in [6.45, 7) is 0. The summed E-state index contributed by atoms with van der Waals surface area (Å²) in [5, 5.41) is 11.4. The van der Waals surface area contributed by atoms with E-state index in [2.05, 4.69) is 41.5 Å². The van der Waals surface area contributed by atoms with Gasteiger partial charge in [-0.1, -0.05) is 60.7 Å². The number of hydrogen-bond acceptors (Lipinski definition) is 8. The zero-order valence-electron chi connectivity index (χ0n) is 17.1. The molecule has 1 aromatic heterocycles. The summed E-state index contributed by atoms with van der Waals surface area (Å²) in [5.74, 6) is -2.74. The van der Waals surface area contributed by atoms with Gasteiger partial charge in [0.2, 0.25) is 5.71 Å².